The van der Waals surface area contributed by atoms with Crippen LogP contribution in [0.2, 0.25) is 0 Å². The van der Waals surface area contributed by atoms with Gasteiger partial charge in [-0.05, 0) is 70.7 Å². The van der Waals surface area contributed by atoms with Crippen LogP contribution in [0.1, 0.15) is 62.6 Å². The van der Waals surface area contributed by atoms with Crippen molar-refractivity contribution in [3.63, 3.8) is 0 Å². The summed E-state index contributed by atoms with van der Waals surface area (Å²) in [6, 6.07) is 1.89. The van der Waals surface area contributed by atoms with Gasteiger partial charge in [-0.2, -0.15) is 0 Å². The maximum absolute atomic E-state index is 10.7. The maximum Gasteiger partial charge on any atom is 0.161 e. The molecule has 0 fully saturated rings. The number of benzene rings is 1. The summed E-state index contributed by atoms with van der Waals surface area (Å²) in [5.74, 6) is 1.48. The van der Waals surface area contributed by atoms with Gasteiger partial charge in [0.25, 0.3) is 0 Å². The predicted molar refractivity (Wildman–Crippen MR) is 123 cm³/mol. The van der Waals surface area contributed by atoms with Gasteiger partial charge in [-0.3, -0.25) is 0 Å². The van der Waals surface area contributed by atoms with Gasteiger partial charge in [0.15, 0.2) is 6.73 Å². The van der Waals surface area contributed by atoms with Gasteiger partial charge < -0.3 is 14.7 Å². The van der Waals surface area contributed by atoms with Crippen molar-refractivity contribution in [2.24, 2.45) is 0 Å². The Morgan fingerprint density at radius 1 is 1.28 bits per heavy atom. The zero-order valence-electron chi connectivity index (χ0n) is 18.4. The number of aryl methyl sites for hydroxylation is 1. The van der Waals surface area contributed by atoms with Crippen molar-refractivity contribution in [1.82, 2.24) is 4.90 Å². The van der Waals surface area contributed by atoms with Crippen molar-refractivity contribution in [1.29, 1.82) is 0 Å². The van der Waals surface area contributed by atoms with E-state index < -0.39 is 0 Å². The van der Waals surface area contributed by atoms with Crippen molar-refractivity contribution >= 4 is 0 Å². The van der Waals surface area contributed by atoms with E-state index in [9.17, 15) is 5.11 Å². The van der Waals surface area contributed by atoms with Crippen molar-refractivity contribution in [3.8, 4) is 11.5 Å². The number of phenols is 1. The zero-order valence-corrected chi connectivity index (χ0v) is 18.4. The molecule has 0 saturated heterocycles. The molecule has 2 aliphatic rings. The Kier molecular flexibility index (Phi) is 8.38. The van der Waals surface area contributed by atoms with Crippen molar-refractivity contribution in [2.75, 3.05) is 6.73 Å². The van der Waals surface area contributed by atoms with E-state index in [1.54, 1.807) is 12.2 Å². The van der Waals surface area contributed by atoms with Crippen LogP contribution in [-0.4, -0.2) is 16.7 Å². The highest BCUT2D eigenvalue weighted by atomic mass is 16.5. The van der Waals surface area contributed by atoms with Crippen molar-refractivity contribution < 1.29 is 9.84 Å². The third-order valence-electron chi connectivity index (χ3n) is 5.27. The topological polar surface area (TPSA) is 32.7 Å². The van der Waals surface area contributed by atoms with Crippen LogP contribution in [-0.2, 0) is 6.54 Å². The van der Waals surface area contributed by atoms with Crippen LogP contribution in [0.15, 0.2) is 67.0 Å². The van der Waals surface area contributed by atoms with Crippen molar-refractivity contribution in [2.45, 2.75) is 59.4 Å². The molecule has 1 atom stereocenters. The number of hydrogen-bond acceptors (Lipinski definition) is 3. The fraction of sp³-hybridized carbons (Fsp3) is 0.385. The standard InChI is InChI=1S/C23H29NO2.C3H6/c1-5-8-19(9-6-2)24-14-20-17(4)13-21(25)22(23(20)26-15-24)18-11-7-10-16(3)12-18;1-3-2/h5-6,8-9,12-13,18,25H,1,7,10-11,14-15H2,2-4H3;3H,1H2,2H3/b9-6-,19-8+;. The number of ether oxygens (including phenoxy) is 1. The molecule has 3 heteroatoms. The van der Waals surface area contributed by atoms with Crippen LogP contribution < -0.4 is 4.74 Å². The lowest BCUT2D eigenvalue weighted by Crippen LogP contribution is -2.32. The lowest BCUT2D eigenvalue weighted by Gasteiger charge is -2.35. The Balaban J connectivity index is 0.000000941. The van der Waals surface area contributed by atoms with Gasteiger partial charge in [0.05, 0.1) is 6.54 Å². The van der Waals surface area contributed by atoms with E-state index in [0.29, 0.717) is 12.5 Å². The van der Waals surface area contributed by atoms with E-state index in [0.717, 1.165) is 48.4 Å². The monoisotopic (exact) mass is 393 g/mol. The van der Waals surface area contributed by atoms with Crippen molar-refractivity contribution in [3.05, 3.63) is 83.6 Å². The molecule has 0 radical (unpaired) electrons. The number of hydrogen-bond donors (Lipinski definition) is 1. The number of aromatic hydroxyl groups is 1. The molecule has 0 amide bonds. The first-order chi connectivity index (χ1) is 14.0. The Morgan fingerprint density at radius 3 is 2.62 bits per heavy atom. The van der Waals surface area contributed by atoms with Gasteiger partial charge in [0.1, 0.15) is 11.5 Å². The highest BCUT2D eigenvalue weighted by Crippen LogP contribution is 2.45. The highest BCUT2D eigenvalue weighted by Gasteiger charge is 2.29. The summed E-state index contributed by atoms with van der Waals surface area (Å²) in [6.07, 6.45) is 15.3. The summed E-state index contributed by atoms with van der Waals surface area (Å²) in [6.45, 7) is 16.5. The van der Waals surface area contributed by atoms with Gasteiger partial charge in [0.2, 0.25) is 0 Å². The molecule has 1 aliphatic carbocycles. The van der Waals surface area contributed by atoms with Crippen LogP contribution in [0.3, 0.4) is 0 Å². The Labute approximate surface area is 176 Å². The van der Waals surface area contributed by atoms with Crippen LogP contribution in [0.4, 0.5) is 0 Å². The summed E-state index contributed by atoms with van der Waals surface area (Å²) in [4.78, 5) is 2.19. The molecular weight excluding hydrogens is 358 g/mol. The highest BCUT2D eigenvalue weighted by molar-refractivity contribution is 5.57. The first-order valence-electron chi connectivity index (χ1n) is 10.4. The number of fused-ring (bicyclic) bond motifs is 1. The number of rotatable bonds is 4. The number of phenolic OH excluding ortho intramolecular Hbond substituents is 1. The lowest BCUT2D eigenvalue weighted by molar-refractivity contribution is 0.129. The van der Waals surface area contributed by atoms with Gasteiger partial charge in [-0.15, -0.1) is 6.58 Å². The van der Waals surface area contributed by atoms with Crippen LogP contribution in [0.5, 0.6) is 11.5 Å². The number of allylic oxidation sites excluding steroid dienone is 7. The summed E-state index contributed by atoms with van der Waals surface area (Å²) >= 11 is 0. The van der Waals surface area contributed by atoms with E-state index in [4.69, 9.17) is 4.74 Å². The molecule has 156 valence electrons. The fourth-order valence-electron chi connectivity index (χ4n) is 3.99. The third kappa shape index (κ3) is 5.44. The quantitative estimate of drug-likeness (QED) is 0.446. The largest absolute Gasteiger partial charge is 0.507 e. The first kappa shape index (κ1) is 22.6. The molecule has 1 N–H and O–H groups in total. The average Bonchev–Trinajstić information content (AvgIpc) is 2.68. The second kappa shape index (κ2) is 10.8. The van der Waals surface area contributed by atoms with E-state index in [2.05, 4.69) is 37.1 Å². The molecule has 0 aromatic heterocycles. The van der Waals surface area contributed by atoms with E-state index in [1.165, 1.54) is 11.1 Å². The molecule has 0 bridgehead atoms. The Bertz CT molecular complexity index is 830. The minimum atomic E-state index is 0.239. The molecule has 0 spiro atoms. The van der Waals surface area contributed by atoms with Gasteiger partial charge in [0, 0.05) is 22.7 Å². The summed E-state index contributed by atoms with van der Waals surface area (Å²) in [5.41, 5.74) is 5.68. The van der Waals surface area contributed by atoms with Crippen LogP contribution >= 0.6 is 0 Å². The third-order valence-corrected chi connectivity index (χ3v) is 5.27. The predicted octanol–water partition coefficient (Wildman–Crippen LogP) is 6.90. The summed E-state index contributed by atoms with van der Waals surface area (Å²) in [5, 5.41) is 10.7. The molecular formula is C26H35NO2. The van der Waals surface area contributed by atoms with Crippen LogP contribution in [0.25, 0.3) is 0 Å². The van der Waals surface area contributed by atoms with Gasteiger partial charge in [-0.25, -0.2) is 0 Å². The van der Waals surface area contributed by atoms with E-state index in [1.807, 2.05) is 39.0 Å². The van der Waals surface area contributed by atoms with E-state index >= 15 is 0 Å². The molecule has 29 heavy (non-hydrogen) atoms. The molecule has 1 aromatic rings. The fourth-order valence-corrected chi connectivity index (χ4v) is 3.99. The molecule has 1 heterocycles. The molecule has 1 unspecified atom stereocenters. The SMILES string of the molecule is C=C/C=C(\C=C/C)N1COc2c(c(C)cc(O)c2C2C=C(C)CCC2)C1.C=CC. The average molecular weight is 394 g/mol. The summed E-state index contributed by atoms with van der Waals surface area (Å²) < 4.78 is 6.22. The molecule has 3 nitrogen and oxygen atoms in total. The molecule has 1 aromatic carbocycles. The minimum Gasteiger partial charge on any atom is -0.507 e. The second-order valence-electron chi connectivity index (χ2n) is 7.65. The molecule has 1 aliphatic heterocycles. The van der Waals surface area contributed by atoms with Gasteiger partial charge in [-0.1, -0.05) is 36.5 Å². The Morgan fingerprint density at radius 2 is 2.00 bits per heavy atom. The minimum absolute atomic E-state index is 0.239. The van der Waals surface area contributed by atoms with Gasteiger partial charge >= 0.3 is 0 Å². The smallest absolute Gasteiger partial charge is 0.161 e. The number of nitrogens with zero attached hydrogens (tertiary/aromatic N) is 1. The zero-order chi connectivity index (χ0) is 21.4. The Hall–Kier alpha value is -2.68. The van der Waals surface area contributed by atoms with E-state index in [-0.39, 0.29) is 5.92 Å². The molecule has 0 saturated carbocycles. The maximum atomic E-state index is 10.7. The second-order valence-corrected chi connectivity index (χ2v) is 7.65. The first-order valence-corrected chi connectivity index (χ1v) is 10.4. The normalized spacial score (nSPS) is 18.9. The van der Waals surface area contributed by atoms with Crippen LogP contribution in [0, 0.1) is 6.92 Å². The lowest BCUT2D eigenvalue weighted by atomic mass is 9.83. The summed E-state index contributed by atoms with van der Waals surface area (Å²) in [7, 11) is 0. The molecule has 3 rings (SSSR count).